The van der Waals surface area contributed by atoms with E-state index < -0.39 is 22.1 Å². The number of carbonyl (C=O) groups is 2. The van der Waals surface area contributed by atoms with Crippen molar-refractivity contribution in [3.05, 3.63) is 29.8 Å². The van der Waals surface area contributed by atoms with E-state index >= 15 is 0 Å². The van der Waals surface area contributed by atoms with Crippen LogP contribution in [0.3, 0.4) is 0 Å². The summed E-state index contributed by atoms with van der Waals surface area (Å²) >= 11 is 0. The van der Waals surface area contributed by atoms with Gasteiger partial charge in [0.15, 0.2) is 6.10 Å². The zero-order chi connectivity index (χ0) is 20.9. The average Bonchev–Trinajstić information content (AvgIpc) is 3.06. The van der Waals surface area contributed by atoms with Gasteiger partial charge >= 0.3 is 5.97 Å². The average molecular weight is 423 g/mol. The lowest BCUT2D eigenvalue weighted by Crippen LogP contribution is -2.40. The van der Waals surface area contributed by atoms with Crippen LogP contribution in [0.1, 0.15) is 68.6 Å². The zero-order valence-corrected chi connectivity index (χ0v) is 17.7. The molecule has 1 heterocycles. The first-order valence-electron chi connectivity index (χ1n) is 10.5. The van der Waals surface area contributed by atoms with Crippen molar-refractivity contribution in [2.75, 3.05) is 13.1 Å². The van der Waals surface area contributed by atoms with E-state index in [9.17, 15) is 18.0 Å². The van der Waals surface area contributed by atoms with Gasteiger partial charge in [0.05, 0.1) is 10.5 Å². The fraction of sp³-hybridized carbons (Fsp3) is 0.619. The Kier molecular flexibility index (Phi) is 7.29. The molecule has 0 radical (unpaired) electrons. The summed E-state index contributed by atoms with van der Waals surface area (Å²) in [5.41, 5.74) is 0.223. The van der Waals surface area contributed by atoms with E-state index in [-0.39, 0.29) is 22.4 Å². The lowest BCUT2D eigenvalue weighted by molar-refractivity contribution is -0.129. The molecule has 3 rings (SSSR count). The normalized spacial score (nSPS) is 20.0. The molecule has 1 aromatic rings. The second-order valence-electron chi connectivity index (χ2n) is 7.88. The topological polar surface area (TPSA) is 92.8 Å². The molecule has 8 heteroatoms. The smallest absolute Gasteiger partial charge is 0.338 e. The van der Waals surface area contributed by atoms with Crippen molar-refractivity contribution in [1.82, 2.24) is 9.62 Å². The molecule has 7 nitrogen and oxygen atoms in total. The Morgan fingerprint density at radius 1 is 1.00 bits per heavy atom. The number of rotatable bonds is 6. The summed E-state index contributed by atoms with van der Waals surface area (Å²) < 4.78 is 32.4. The molecule has 1 N–H and O–H groups in total. The molecular weight excluding hydrogens is 392 g/mol. The summed E-state index contributed by atoms with van der Waals surface area (Å²) in [6.07, 6.45) is 7.04. The van der Waals surface area contributed by atoms with E-state index in [2.05, 4.69) is 5.32 Å². The Morgan fingerprint density at radius 3 is 2.17 bits per heavy atom. The van der Waals surface area contributed by atoms with Crippen molar-refractivity contribution in [2.24, 2.45) is 0 Å². The molecule has 1 aliphatic carbocycles. The first-order valence-corrected chi connectivity index (χ1v) is 11.9. The van der Waals surface area contributed by atoms with Crippen LogP contribution in [0.2, 0.25) is 0 Å². The van der Waals surface area contributed by atoms with E-state index in [1.807, 2.05) is 0 Å². The molecule has 2 aliphatic rings. The van der Waals surface area contributed by atoms with Crippen LogP contribution in [0.5, 0.6) is 0 Å². The van der Waals surface area contributed by atoms with Gasteiger partial charge in [-0.15, -0.1) is 0 Å². The second kappa shape index (κ2) is 9.71. The van der Waals surface area contributed by atoms with E-state index in [1.165, 1.54) is 28.6 Å². The number of sulfonamides is 1. The fourth-order valence-electron chi connectivity index (χ4n) is 3.86. The summed E-state index contributed by atoms with van der Waals surface area (Å²) in [6, 6.07) is 5.90. The van der Waals surface area contributed by atoms with Crippen LogP contribution in [0, 0.1) is 0 Å². The Labute approximate surface area is 172 Å². The highest BCUT2D eigenvalue weighted by atomic mass is 32.2. The van der Waals surface area contributed by atoms with Crippen LogP contribution in [-0.2, 0) is 19.6 Å². The molecule has 1 saturated heterocycles. The lowest BCUT2D eigenvalue weighted by atomic mass is 10.2. The number of esters is 1. The van der Waals surface area contributed by atoms with Gasteiger partial charge in [-0.2, -0.15) is 4.31 Å². The summed E-state index contributed by atoms with van der Waals surface area (Å²) in [5.74, 6) is -0.941. The van der Waals surface area contributed by atoms with Gasteiger partial charge in [0.1, 0.15) is 0 Å². The van der Waals surface area contributed by atoms with Crippen molar-refractivity contribution in [2.45, 2.75) is 75.3 Å². The number of amides is 1. The van der Waals surface area contributed by atoms with Gasteiger partial charge < -0.3 is 10.1 Å². The van der Waals surface area contributed by atoms with Gasteiger partial charge in [-0.05, 0) is 56.9 Å². The maximum atomic E-state index is 12.8. The summed E-state index contributed by atoms with van der Waals surface area (Å²) in [5, 5.41) is 2.90. The minimum absolute atomic E-state index is 0.159. The monoisotopic (exact) mass is 422 g/mol. The molecule has 2 fully saturated rings. The third-order valence-electron chi connectivity index (χ3n) is 5.65. The van der Waals surface area contributed by atoms with Crippen molar-refractivity contribution >= 4 is 21.9 Å². The molecule has 29 heavy (non-hydrogen) atoms. The van der Waals surface area contributed by atoms with Crippen LogP contribution in [-0.4, -0.2) is 49.8 Å². The van der Waals surface area contributed by atoms with Crippen molar-refractivity contribution in [1.29, 1.82) is 0 Å². The summed E-state index contributed by atoms with van der Waals surface area (Å²) in [4.78, 5) is 24.7. The van der Waals surface area contributed by atoms with Gasteiger partial charge in [-0.25, -0.2) is 13.2 Å². The van der Waals surface area contributed by atoms with Crippen molar-refractivity contribution in [3.8, 4) is 0 Å². The van der Waals surface area contributed by atoms with Gasteiger partial charge in [0.25, 0.3) is 5.91 Å². The molecule has 1 aliphatic heterocycles. The second-order valence-corrected chi connectivity index (χ2v) is 9.82. The maximum absolute atomic E-state index is 12.8. The standard InChI is InChI=1S/C21H30N2O5S/c1-16(20(24)22-18-8-4-5-9-18)28-21(25)17-10-12-19(13-11-17)29(26,27)23-14-6-2-3-7-15-23/h10-13,16,18H,2-9,14-15H2,1H3,(H,22,24)/t16-/m1/s1. The van der Waals surface area contributed by atoms with Crippen molar-refractivity contribution < 1.29 is 22.7 Å². The van der Waals surface area contributed by atoms with Gasteiger partial charge in [0, 0.05) is 19.1 Å². The molecule has 0 bridgehead atoms. The minimum atomic E-state index is -3.56. The number of hydrogen-bond donors (Lipinski definition) is 1. The summed E-state index contributed by atoms with van der Waals surface area (Å²) in [6.45, 7) is 2.60. The van der Waals surface area contributed by atoms with E-state index in [0.29, 0.717) is 13.1 Å². The Morgan fingerprint density at radius 2 is 1.59 bits per heavy atom. The molecule has 0 unspecified atom stereocenters. The minimum Gasteiger partial charge on any atom is -0.449 e. The van der Waals surface area contributed by atoms with Crippen LogP contribution in [0.15, 0.2) is 29.2 Å². The summed E-state index contributed by atoms with van der Waals surface area (Å²) in [7, 11) is -3.56. The van der Waals surface area contributed by atoms with Crippen molar-refractivity contribution in [3.63, 3.8) is 0 Å². The third-order valence-corrected chi connectivity index (χ3v) is 7.56. The SMILES string of the molecule is C[C@@H](OC(=O)c1ccc(S(=O)(=O)N2CCCCCC2)cc1)C(=O)NC1CCCC1. The number of hydrogen-bond acceptors (Lipinski definition) is 5. The van der Waals surface area contributed by atoms with Gasteiger partial charge in [-0.3, -0.25) is 4.79 Å². The quantitative estimate of drug-likeness (QED) is 0.712. The van der Waals surface area contributed by atoms with E-state index in [1.54, 1.807) is 6.92 Å². The molecule has 1 atom stereocenters. The first-order chi connectivity index (χ1) is 13.9. The molecule has 0 spiro atoms. The highest BCUT2D eigenvalue weighted by Gasteiger charge is 2.26. The molecule has 0 aromatic heterocycles. The molecule has 1 saturated carbocycles. The van der Waals surface area contributed by atoms with E-state index in [0.717, 1.165) is 51.4 Å². The maximum Gasteiger partial charge on any atom is 0.338 e. The molecular formula is C21H30N2O5S. The fourth-order valence-corrected chi connectivity index (χ4v) is 5.38. The first kappa shape index (κ1) is 21.8. The van der Waals surface area contributed by atoms with Crippen LogP contribution >= 0.6 is 0 Å². The van der Waals surface area contributed by atoms with Crippen LogP contribution in [0.4, 0.5) is 0 Å². The van der Waals surface area contributed by atoms with Crippen LogP contribution < -0.4 is 5.32 Å². The number of nitrogens with zero attached hydrogens (tertiary/aromatic N) is 1. The number of ether oxygens (including phenoxy) is 1. The van der Waals surface area contributed by atoms with E-state index in [4.69, 9.17) is 4.74 Å². The largest absolute Gasteiger partial charge is 0.449 e. The Balaban J connectivity index is 1.59. The predicted octanol–water partition coefficient (Wildman–Crippen LogP) is 2.86. The lowest BCUT2D eigenvalue weighted by Gasteiger charge is -2.20. The van der Waals surface area contributed by atoms with Gasteiger partial charge in [0.2, 0.25) is 10.0 Å². The van der Waals surface area contributed by atoms with Gasteiger partial charge in [-0.1, -0.05) is 25.7 Å². The Hall–Kier alpha value is -1.93. The number of carbonyl (C=O) groups excluding carboxylic acids is 2. The number of nitrogens with one attached hydrogen (secondary N) is 1. The molecule has 160 valence electrons. The Bertz CT molecular complexity index is 808. The number of benzene rings is 1. The zero-order valence-electron chi connectivity index (χ0n) is 16.9. The molecule has 1 amide bonds. The third kappa shape index (κ3) is 5.57. The molecule has 1 aromatic carbocycles. The van der Waals surface area contributed by atoms with Crippen LogP contribution in [0.25, 0.3) is 0 Å². The highest BCUT2D eigenvalue weighted by Crippen LogP contribution is 2.21. The highest BCUT2D eigenvalue weighted by molar-refractivity contribution is 7.89. The predicted molar refractivity (Wildman–Crippen MR) is 109 cm³/mol.